The van der Waals surface area contributed by atoms with Gasteiger partial charge in [-0.25, -0.2) is 0 Å². The molecule has 1 aliphatic heterocycles. The summed E-state index contributed by atoms with van der Waals surface area (Å²) in [4.78, 5) is 27.6. The van der Waals surface area contributed by atoms with Crippen LogP contribution in [0.5, 0.6) is 0 Å². The first-order valence-corrected chi connectivity index (χ1v) is 6.95. The van der Waals surface area contributed by atoms with E-state index in [4.69, 9.17) is 0 Å². The summed E-state index contributed by atoms with van der Waals surface area (Å²) in [6, 6.07) is 7.50. The lowest BCUT2D eigenvalue weighted by atomic mass is 10.1. The quantitative estimate of drug-likeness (QED) is 0.888. The summed E-state index contributed by atoms with van der Waals surface area (Å²) in [5, 5.41) is 3.05. The first-order valence-electron chi connectivity index (χ1n) is 6.95. The molecule has 0 unspecified atom stereocenters. The van der Waals surface area contributed by atoms with Crippen LogP contribution in [0.15, 0.2) is 24.3 Å². The maximum Gasteiger partial charge on any atom is 0.256 e. The number of nitrogens with zero attached hydrogens (tertiary/aromatic N) is 2. The van der Waals surface area contributed by atoms with Gasteiger partial charge in [-0.1, -0.05) is 12.1 Å². The van der Waals surface area contributed by atoms with Crippen LogP contribution in [0.25, 0.3) is 0 Å². The van der Waals surface area contributed by atoms with Crippen LogP contribution in [0.2, 0.25) is 0 Å². The third-order valence-electron chi connectivity index (χ3n) is 3.66. The molecule has 108 valence electrons. The summed E-state index contributed by atoms with van der Waals surface area (Å²) < 4.78 is 0. The smallest absolute Gasteiger partial charge is 0.256 e. The van der Waals surface area contributed by atoms with E-state index in [2.05, 4.69) is 5.32 Å². The fourth-order valence-corrected chi connectivity index (χ4v) is 2.49. The molecule has 0 spiro atoms. The van der Waals surface area contributed by atoms with Gasteiger partial charge in [0.05, 0.1) is 5.56 Å². The Morgan fingerprint density at radius 3 is 2.40 bits per heavy atom. The molecule has 0 saturated carbocycles. The summed E-state index contributed by atoms with van der Waals surface area (Å²) in [7, 11) is 1.81. The molecule has 2 rings (SSSR count). The summed E-state index contributed by atoms with van der Waals surface area (Å²) in [5.41, 5.74) is 1.52. The molecule has 0 radical (unpaired) electrons. The van der Waals surface area contributed by atoms with Crippen molar-refractivity contribution in [2.75, 3.05) is 38.5 Å². The Labute approximate surface area is 119 Å². The maximum absolute atomic E-state index is 12.6. The van der Waals surface area contributed by atoms with E-state index in [1.807, 2.05) is 36.2 Å². The zero-order valence-electron chi connectivity index (χ0n) is 12.1. The summed E-state index contributed by atoms with van der Waals surface area (Å²) >= 11 is 0. The molecule has 1 N–H and O–H groups in total. The van der Waals surface area contributed by atoms with Gasteiger partial charge in [-0.05, 0) is 18.6 Å². The van der Waals surface area contributed by atoms with Gasteiger partial charge in [0, 0.05) is 45.8 Å². The van der Waals surface area contributed by atoms with Crippen molar-refractivity contribution in [2.24, 2.45) is 0 Å². The Balaban J connectivity index is 2.11. The molecule has 1 fully saturated rings. The molecule has 1 aromatic rings. The lowest BCUT2D eigenvalue weighted by molar-refractivity contribution is -0.128. The molecule has 1 saturated heterocycles. The molecule has 0 atom stereocenters. The molecule has 2 amide bonds. The minimum Gasteiger partial charge on any atom is -0.387 e. The van der Waals surface area contributed by atoms with Crippen molar-refractivity contribution in [3.8, 4) is 0 Å². The molecular formula is C15H21N3O2. The number of benzene rings is 1. The zero-order valence-corrected chi connectivity index (χ0v) is 12.1. The average Bonchev–Trinajstić information content (AvgIpc) is 2.72. The van der Waals surface area contributed by atoms with Gasteiger partial charge in [-0.15, -0.1) is 0 Å². The van der Waals surface area contributed by atoms with Gasteiger partial charge in [-0.3, -0.25) is 9.59 Å². The number of para-hydroxylation sites is 1. The number of hydrogen-bond donors (Lipinski definition) is 1. The highest BCUT2D eigenvalue weighted by molar-refractivity contribution is 5.99. The Bertz CT molecular complexity index is 502. The van der Waals surface area contributed by atoms with Gasteiger partial charge >= 0.3 is 0 Å². The summed E-state index contributed by atoms with van der Waals surface area (Å²) in [6.45, 7) is 4.21. The highest BCUT2D eigenvalue weighted by Crippen LogP contribution is 2.17. The SMILES string of the molecule is CNc1ccccc1C(=O)N1CCCN(C(C)=O)CC1. The molecule has 1 aromatic carbocycles. The van der Waals surface area contributed by atoms with Crippen LogP contribution >= 0.6 is 0 Å². The Hall–Kier alpha value is -2.04. The normalized spacial score (nSPS) is 15.7. The van der Waals surface area contributed by atoms with Crippen LogP contribution in [0, 0.1) is 0 Å². The van der Waals surface area contributed by atoms with E-state index < -0.39 is 0 Å². The molecule has 5 heteroatoms. The van der Waals surface area contributed by atoms with E-state index >= 15 is 0 Å². The predicted molar refractivity (Wildman–Crippen MR) is 78.8 cm³/mol. The molecule has 0 aromatic heterocycles. The lowest BCUT2D eigenvalue weighted by Crippen LogP contribution is -2.36. The molecule has 1 aliphatic rings. The average molecular weight is 275 g/mol. The summed E-state index contributed by atoms with van der Waals surface area (Å²) in [5.74, 6) is 0.107. The number of amides is 2. The van der Waals surface area contributed by atoms with Crippen LogP contribution in [0.1, 0.15) is 23.7 Å². The van der Waals surface area contributed by atoms with Crippen molar-refractivity contribution in [1.29, 1.82) is 0 Å². The van der Waals surface area contributed by atoms with Crippen LogP contribution in [0.3, 0.4) is 0 Å². The topological polar surface area (TPSA) is 52.7 Å². The third kappa shape index (κ3) is 3.10. The fourth-order valence-electron chi connectivity index (χ4n) is 2.49. The van der Waals surface area contributed by atoms with Gasteiger partial charge in [0.25, 0.3) is 5.91 Å². The first-order chi connectivity index (χ1) is 9.63. The fraction of sp³-hybridized carbons (Fsp3) is 0.467. The third-order valence-corrected chi connectivity index (χ3v) is 3.66. The van der Waals surface area contributed by atoms with Gasteiger partial charge in [0.15, 0.2) is 0 Å². The number of carbonyl (C=O) groups excluding carboxylic acids is 2. The van der Waals surface area contributed by atoms with Crippen molar-refractivity contribution in [1.82, 2.24) is 9.80 Å². The number of rotatable bonds is 2. The van der Waals surface area contributed by atoms with Gasteiger partial charge in [0.1, 0.15) is 0 Å². The molecule has 20 heavy (non-hydrogen) atoms. The van der Waals surface area contributed by atoms with Crippen LogP contribution in [0.4, 0.5) is 5.69 Å². The van der Waals surface area contributed by atoms with Crippen LogP contribution < -0.4 is 5.32 Å². The van der Waals surface area contributed by atoms with Crippen LogP contribution in [-0.4, -0.2) is 54.8 Å². The number of hydrogen-bond acceptors (Lipinski definition) is 3. The second-order valence-electron chi connectivity index (χ2n) is 4.95. The zero-order chi connectivity index (χ0) is 14.5. The summed E-state index contributed by atoms with van der Waals surface area (Å²) in [6.07, 6.45) is 0.826. The van der Waals surface area contributed by atoms with Gasteiger partial charge in [0.2, 0.25) is 5.91 Å². The van der Waals surface area contributed by atoms with E-state index in [0.717, 1.165) is 18.7 Å². The van der Waals surface area contributed by atoms with Crippen molar-refractivity contribution >= 4 is 17.5 Å². The first kappa shape index (κ1) is 14.4. The van der Waals surface area contributed by atoms with E-state index in [1.165, 1.54) is 0 Å². The number of carbonyl (C=O) groups is 2. The minimum atomic E-state index is 0.0281. The highest BCUT2D eigenvalue weighted by atomic mass is 16.2. The van der Waals surface area contributed by atoms with Crippen molar-refractivity contribution in [3.63, 3.8) is 0 Å². The monoisotopic (exact) mass is 275 g/mol. The van der Waals surface area contributed by atoms with E-state index in [-0.39, 0.29) is 11.8 Å². The largest absolute Gasteiger partial charge is 0.387 e. The maximum atomic E-state index is 12.6. The Morgan fingerprint density at radius 1 is 1.05 bits per heavy atom. The predicted octanol–water partition coefficient (Wildman–Crippen LogP) is 1.42. The highest BCUT2D eigenvalue weighted by Gasteiger charge is 2.22. The standard InChI is InChI=1S/C15H21N3O2/c1-12(19)17-8-5-9-18(11-10-17)15(20)13-6-3-4-7-14(13)16-2/h3-4,6-7,16H,5,8-11H2,1-2H3. The molecule has 0 bridgehead atoms. The van der Waals surface area contributed by atoms with Crippen molar-refractivity contribution in [3.05, 3.63) is 29.8 Å². The van der Waals surface area contributed by atoms with Gasteiger partial charge in [-0.2, -0.15) is 0 Å². The second kappa shape index (κ2) is 6.41. The molecule has 5 nitrogen and oxygen atoms in total. The molecule has 0 aliphatic carbocycles. The van der Waals surface area contributed by atoms with Crippen molar-refractivity contribution in [2.45, 2.75) is 13.3 Å². The van der Waals surface area contributed by atoms with E-state index in [9.17, 15) is 9.59 Å². The number of anilines is 1. The van der Waals surface area contributed by atoms with E-state index in [1.54, 1.807) is 11.8 Å². The molecular weight excluding hydrogens is 254 g/mol. The lowest BCUT2D eigenvalue weighted by Gasteiger charge is -2.22. The Morgan fingerprint density at radius 2 is 1.70 bits per heavy atom. The second-order valence-corrected chi connectivity index (χ2v) is 4.95. The van der Waals surface area contributed by atoms with Gasteiger partial charge < -0.3 is 15.1 Å². The Kier molecular flexibility index (Phi) is 4.61. The minimum absolute atomic E-state index is 0.0281. The molecule has 1 heterocycles. The van der Waals surface area contributed by atoms with Crippen LogP contribution in [-0.2, 0) is 4.79 Å². The number of nitrogens with one attached hydrogen (secondary N) is 1. The van der Waals surface area contributed by atoms with E-state index in [0.29, 0.717) is 25.2 Å². The van der Waals surface area contributed by atoms with Crippen molar-refractivity contribution < 1.29 is 9.59 Å².